The molecule has 0 fully saturated rings. The average Bonchev–Trinajstić information content (AvgIpc) is 2.95. The summed E-state index contributed by atoms with van der Waals surface area (Å²) in [5.41, 5.74) is 2.46. The van der Waals surface area contributed by atoms with Crippen molar-refractivity contribution in [1.29, 1.82) is 0 Å². The highest BCUT2D eigenvalue weighted by Gasteiger charge is 2.14. The van der Waals surface area contributed by atoms with Gasteiger partial charge >= 0.3 is 0 Å². The maximum atomic E-state index is 11.6. The van der Waals surface area contributed by atoms with Crippen LogP contribution in [0.2, 0.25) is 10.2 Å². The second-order valence-electron chi connectivity index (χ2n) is 6.08. The Bertz CT molecular complexity index is 1060. The van der Waals surface area contributed by atoms with E-state index in [0.29, 0.717) is 16.0 Å². The van der Waals surface area contributed by atoms with Crippen LogP contribution in [0.25, 0.3) is 17.1 Å². The van der Waals surface area contributed by atoms with Crippen LogP contribution in [0, 0.1) is 0 Å². The quantitative estimate of drug-likeness (QED) is 0.643. The minimum absolute atomic E-state index is 0.257. The molecular formula is C18H17Cl2N3O2S. The molecule has 0 amide bonds. The average molecular weight is 410 g/mol. The van der Waals surface area contributed by atoms with Crippen molar-refractivity contribution in [2.24, 2.45) is 0 Å². The van der Waals surface area contributed by atoms with Crippen LogP contribution in [0.1, 0.15) is 0 Å². The molecule has 3 aromatic rings. The number of halogens is 2. The van der Waals surface area contributed by atoms with E-state index in [1.165, 1.54) is 6.26 Å². The van der Waals surface area contributed by atoms with Crippen molar-refractivity contribution < 1.29 is 8.42 Å². The van der Waals surface area contributed by atoms with Gasteiger partial charge in [-0.15, -0.1) is 0 Å². The lowest BCUT2D eigenvalue weighted by atomic mass is 10.2. The predicted octanol–water partition coefficient (Wildman–Crippen LogP) is 4.32. The summed E-state index contributed by atoms with van der Waals surface area (Å²) in [5.74, 6) is 0.620. The second-order valence-corrected chi connectivity index (χ2v) is 8.89. The lowest BCUT2D eigenvalue weighted by Crippen LogP contribution is -2.09. The Morgan fingerprint density at radius 1 is 1.04 bits per heavy atom. The third-order valence-electron chi connectivity index (χ3n) is 3.91. The molecule has 2 aromatic carbocycles. The van der Waals surface area contributed by atoms with Crippen molar-refractivity contribution in [2.75, 3.05) is 25.3 Å². The molecule has 0 radical (unpaired) electrons. The number of hydrogen-bond acceptors (Lipinski definition) is 4. The smallest absolute Gasteiger partial charge is 0.175 e. The van der Waals surface area contributed by atoms with Gasteiger partial charge in [0.15, 0.2) is 9.84 Å². The summed E-state index contributed by atoms with van der Waals surface area (Å²) >= 11 is 12.5. The van der Waals surface area contributed by atoms with Gasteiger partial charge in [0.2, 0.25) is 0 Å². The zero-order valence-corrected chi connectivity index (χ0v) is 16.8. The van der Waals surface area contributed by atoms with E-state index in [4.69, 9.17) is 23.2 Å². The van der Waals surface area contributed by atoms with Gasteiger partial charge in [-0.05, 0) is 42.5 Å². The molecular weight excluding hydrogens is 393 g/mol. The molecule has 0 aliphatic rings. The molecule has 0 atom stereocenters. The molecule has 0 saturated heterocycles. The van der Waals surface area contributed by atoms with Crippen LogP contribution >= 0.6 is 23.2 Å². The van der Waals surface area contributed by atoms with E-state index in [0.717, 1.165) is 16.9 Å². The van der Waals surface area contributed by atoms with E-state index in [1.807, 2.05) is 37.2 Å². The van der Waals surface area contributed by atoms with E-state index in [1.54, 1.807) is 35.0 Å². The molecule has 26 heavy (non-hydrogen) atoms. The summed E-state index contributed by atoms with van der Waals surface area (Å²) in [6.45, 7) is 0. The maximum absolute atomic E-state index is 11.6. The molecule has 0 aliphatic carbocycles. The van der Waals surface area contributed by atoms with Crippen LogP contribution in [0.15, 0.2) is 53.6 Å². The first-order valence-corrected chi connectivity index (χ1v) is 10.3. The molecule has 1 heterocycles. The van der Waals surface area contributed by atoms with Gasteiger partial charge in [0.25, 0.3) is 0 Å². The number of hydrogen-bond donors (Lipinski definition) is 0. The molecule has 136 valence electrons. The van der Waals surface area contributed by atoms with Crippen molar-refractivity contribution in [1.82, 2.24) is 9.55 Å². The van der Waals surface area contributed by atoms with Gasteiger partial charge in [0.05, 0.1) is 15.6 Å². The molecule has 0 bridgehead atoms. The minimum Gasteiger partial charge on any atom is -0.376 e. The summed E-state index contributed by atoms with van der Waals surface area (Å²) in [5, 5.41) is 0.936. The third kappa shape index (κ3) is 3.72. The maximum Gasteiger partial charge on any atom is 0.175 e. The minimum atomic E-state index is -3.25. The van der Waals surface area contributed by atoms with Crippen molar-refractivity contribution in [3.63, 3.8) is 0 Å². The van der Waals surface area contributed by atoms with E-state index < -0.39 is 9.84 Å². The summed E-state index contributed by atoms with van der Waals surface area (Å²) in [4.78, 5) is 6.56. The highest BCUT2D eigenvalue weighted by atomic mass is 35.5. The van der Waals surface area contributed by atoms with Gasteiger partial charge in [-0.2, -0.15) is 0 Å². The van der Waals surface area contributed by atoms with Gasteiger partial charge in [0, 0.05) is 37.8 Å². The fourth-order valence-electron chi connectivity index (χ4n) is 2.61. The van der Waals surface area contributed by atoms with Crippen molar-refractivity contribution >= 4 is 38.7 Å². The summed E-state index contributed by atoms with van der Waals surface area (Å²) in [6.07, 6.45) is 2.86. The zero-order valence-electron chi connectivity index (χ0n) is 14.4. The summed E-state index contributed by atoms with van der Waals surface area (Å²) < 4.78 is 25.1. The molecule has 0 N–H and O–H groups in total. The number of imidazole rings is 1. The standard InChI is InChI=1S/C18H17Cl2N3O2S/c1-22(2)16-9-4-12(10-15(16)19)18-21-17(20)11-23(18)13-5-7-14(8-6-13)26(3,24)25/h4-11H,1-3H3. The van der Waals surface area contributed by atoms with E-state index in [-0.39, 0.29) is 4.90 Å². The fraction of sp³-hybridized carbons (Fsp3) is 0.167. The lowest BCUT2D eigenvalue weighted by Gasteiger charge is -2.15. The first kappa shape index (κ1) is 18.8. The Balaban J connectivity index is 2.08. The Hall–Kier alpha value is -2.02. The number of sulfone groups is 1. The highest BCUT2D eigenvalue weighted by molar-refractivity contribution is 7.90. The SMILES string of the molecule is CN(C)c1ccc(-c2nc(Cl)cn2-c2ccc(S(C)(=O)=O)cc2)cc1Cl. The van der Waals surface area contributed by atoms with Gasteiger partial charge in [-0.3, -0.25) is 4.57 Å². The van der Waals surface area contributed by atoms with Crippen LogP contribution in [-0.4, -0.2) is 38.3 Å². The van der Waals surface area contributed by atoms with Crippen molar-refractivity contribution in [2.45, 2.75) is 4.90 Å². The molecule has 0 unspecified atom stereocenters. The predicted molar refractivity (Wildman–Crippen MR) is 106 cm³/mol. The second kappa shape index (κ2) is 6.95. The first-order valence-electron chi connectivity index (χ1n) is 7.69. The topological polar surface area (TPSA) is 55.2 Å². The third-order valence-corrected chi connectivity index (χ3v) is 5.52. The van der Waals surface area contributed by atoms with Gasteiger partial charge in [-0.25, -0.2) is 13.4 Å². The highest BCUT2D eigenvalue weighted by Crippen LogP contribution is 2.32. The van der Waals surface area contributed by atoms with Crippen molar-refractivity contribution in [3.8, 4) is 17.1 Å². The van der Waals surface area contributed by atoms with Crippen LogP contribution in [0.3, 0.4) is 0 Å². The summed E-state index contributed by atoms with van der Waals surface area (Å²) in [6, 6.07) is 12.2. The Morgan fingerprint density at radius 3 is 2.23 bits per heavy atom. The normalized spacial score (nSPS) is 11.6. The van der Waals surface area contributed by atoms with Gasteiger partial charge in [-0.1, -0.05) is 23.2 Å². The molecule has 3 rings (SSSR count). The number of anilines is 1. The van der Waals surface area contributed by atoms with E-state index in [2.05, 4.69) is 4.98 Å². The van der Waals surface area contributed by atoms with Gasteiger partial charge < -0.3 is 4.90 Å². The lowest BCUT2D eigenvalue weighted by molar-refractivity contribution is 0.602. The largest absolute Gasteiger partial charge is 0.376 e. The number of benzene rings is 2. The molecule has 5 nitrogen and oxygen atoms in total. The van der Waals surface area contributed by atoms with Crippen molar-refractivity contribution in [3.05, 3.63) is 58.8 Å². The fourth-order valence-corrected chi connectivity index (χ4v) is 3.77. The molecule has 0 aliphatic heterocycles. The van der Waals surface area contributed by atoms with Gasteiger partial charge in [0.1, 0.15) is 11.0 Å². The zero-order chi connectivity index (χ0) is 19.1. The Kier molecular flexibility index (Phi) is 5.01. The summed E-state index contributed by atoms with van der Waals surface area (Å²) in [7, 11) is 0.587. The molecule has 0 saturated carbocycles. The van der Waals surface area contributed by atoms with Crippen LogP contribution in [0.5, 0.6) is 0 Å². The number of aromatic nitrogens is 2. The Morgan fingerprint density at radius 2 is 1.69 bits per heavy atom. The molecule has 8 heteroatoms. The van der Waals surface area contributed by atoms with Crippen LogP contribution < -0.4 is 4.90 Å². The molecule has 0 spiro atoms. The van der Waals surface area contributed by atoms with Crippen LogP contribution in [-0.2, 0) is 9.84 Å². The number of rotatable bonds is 4. The first-order chi connectivity index (χ1) is 12.2. The Labute approximate surface area is 162 Å². The van der Waals surface area contributed by atoms with E-state index >= 15 is 0 Å². The molecule has 1 aromatic heterocycles. The van der Waals surface area contributed by atoms with E-state index in [9.17, 15) is 8.42 Å². The monoisotopic (exact) mass is 409 g/mol. The number of nitrogens with zero attached hydrogens (tertiary/aromatic N) is 3. The van der Waals surface area contributed by atoms with Crippen LogP contribution in [0.4, 0.5) is 5.69 Å².